The third-order valence-electron chi connectivity index (χ3n) is 3.93. The highest BCUT2D eigenvalue weighted by atomic mass is 19.1. The second kappa shape index (κ2) is 5.14. The van der Waals surface area contributed by atoms with E-state index in [-0.39, 0.29) is 5.82 Å². The Kier molecular flexibility index (Phi) is 3.34. The Bertz CT molecular complexity index is 565. The van der Waals surface area contributed by atoms with Crippen molar-refractivity contribution in [2.75, 3.05) is 0 Å². The summed E-state index contributed by atoms with van der Waals surface area (Å²) in [7, 11) is 0. The summed E-state index contributed by atoms with van der Waals surface area (Å²) in [6.07, 6.45) is 2.02. The molecule has 2 unspecified atom stereocenters. The average Bonchev–Trinajstić information content (AvgIpc) is 2.82. The van der Waals surface area contributed by atoms with Crippen LogP contribution in [-0.4, -0.2) is 0 Å². The molecule has 0 aliphatic heterocycles. The zero-order valence-corrected chi connectivity index (χ0v) is 11.1. The van der Waals surface area contributed by atoms with Crippen LogP contribution in [0, 0.1) is 5.82 Å². The van der Waals surface area contributed by atoms with E-state index in [9.17, 15) is 4.39 Å². The smallest absolute Gasteiger partial charge is 0.123 e. The number of nitrogens with one attached hydrogen (secondary N) is 1. The number of hydrogen-bond acceptors (Lipinski definition) is 1. The summed E-state index contributed by atoms with van der Waals surface area (Å²) in [5.74, 6) is -0.129. The van der Waals surface area contributed by atoms with Crippen molar-refractivity contribution in [3.05, 3.63) is 71.0 Å². The molecule has 0 saturated carbocycles. The number of benzene rings is 2. The van der Waals surface area contributed by atoms with Crippen LogP contribution in [0.2, 0.25) is 0 Å². The van der Waals surface area contributed by atoms with Gasteiger partial charge in [-0.15, -0.1) is 0 Å². The highest BCUT2D eigenvalue weighted by Crippen LogP contribution is 2.33. The molecule has 0 aromatic heterocycles. The van der Waals surface area contributed by atoms with Gasteiger partial charge in [0, 0.05) is 12.1 Å². The molecule has 1 nitrogen and oxygen atoms in total. The fraction of sp³-hybridized carbons (Fsp3) is 0.294. The minimum Gasteiger partial charge on any atom is -0.303 e. The van der Waals surface area contributed by atoms with Gasteiger partial charge < -0.3 is 5.32 Å². The number of fused-ring (bicyclic) bond motifs is 1. The molecule has 98 valence electrons. The quantitative estimate of drug-likeness (QED) is 0.868. The molecule has 0 spiro atoms. The minimum absolute atomic E-state index is 0.129. The first-order valence-corrected chi connectivity index (χ1v) is 6.83. The monoisotopic (exact) mass is 255 g/mol. The predicted octanol–water partition coefficient (Wildman–Crippen LogP) is 4.16. The Morgan fingerprint density at radius 1 is 1.16 bits per heavy atom. The van der Waals surface area contributed by atoms with Crippen LogP contribution in [0.15, 0.2) is 48.5 Å². The number of aryl methyl sites for hydroxylation is 1. The Balaban J connectivity index is 1.76. The van der Waals surface area contributed by atoms with Crippen LogP contribution in [0.4, 0.5) is 4.39 Å². The maximum absolute atomic E-state index is 13.2. The molecule has 0 bridgehead atoms. The maximum atomic E-state index is 13.2. The highest BCUT2D eigenvalue weighted by Gasteiger charge is 2.24. The first-order chi connectivity index (χ1) is 9.24. The molecule has 1 N–H and O–H groups in total. The van der Waals surface area contributed by atoms with Crippen molar-refractivity contribution in [2.45, 2.75) is 31.8 Å². The predicted molar refractivity (Wildman–Crippen MR) is 75.5 cm³/mol. The lowest BCUT2D eigenvalue weighted by atomic mass is 10.0. The normalized spacial score (nSPS) is 19.2. The van der Waals surface area contributed by atoms with E-state index in [1.807, 2.05) is 12.1 Å². The molecule has 2 heteroatoms. The molecule has 0 fully saturated rings. The van der Waals surface area contributed by atoms with Crippen LogP contribution in [0.1, 0.15) is 42.1 Å². The van der Waals surface area contributed by atoms with Crippen molar-refractivity contribution in [2.24, 2.45) is 0 Å². The van der Waals surface area contributed by atoms with E-state index >= 15 is 0 Å². The van der Waals surface area contributed by atoms with Crippen LogP contribution >= 0.6 is 0 Å². The minimum atomic E-state index is -0.129. The fourth-order valence-corrected chi connectivity index (χ4v) is 2.90. The summed E-state index contributed by atoms with van der Waals surface area (Å²) < 4.78 is 13.2. The Labute approximate surface area is 113 Å². The second-order valence-electron chi connectivity index (χ2n) is 5.23. The zero-order valence-electron chi connectivity index (χ0n) is 11.1. The molecule has 0 heterocycles. The van der Waals surface area contributed by atoms with Gasteiger partial charge in [-0.2, -0.15) is 0 Å². The average molecular weight is 255 g/mol. The largest absolute Gasteiger partial charge is 0.303 e. The van der Waals surface area contributed by atoms with Gasteiger partial charge in [-0.25, -0.2) is 4.39 Å². The van der Waals surface area contributed by atoms with Gasteiger partial charge in [0.2, 0.25) is 0 Å². The standard InChI is InChI=1S/C17H18FN/c1-12(13-5-3-2-4-6-13)19-17-10-7-14-11-15(18)8-9-16(14)17/h2-6,8-9,11-12,17,19H,7,10H2,1H3. The van der Waals surface area contributed by atoms with E-state index in [1.165, 1.54) is 11.1 Å². The van der Waals surface area contributed by atoms with Gasteiger partial charge in [-0.05, 0) is 48.6 Å². The molecule has 2 atom stereocenters. The van der Waals surface area contributed by atoms with Crippen LogP contribution < -0.4 is 5.32 Å². The molecule has 2 aromatic carbocycles. The van der Waals surface area contributed by atoms with Crippen molar-refractivity contribution in [3.63, 3.8) is 0 Å². The van der Waals surface area contributed by atoms with E-state index in [0.717, 1.165) is 18.4 Å². The van der Waals surface area contributed by atoms with Gasteiger partial charge in [0.1, 0.15) is 5.82 Å². The molecular weight excluding hydrogens is 237 g/mol. The van der Waals surface area contributed by atoms with Gasteiger partial charge in [0.25, 0.3) is 0 Å². The first-order valence-electron chi connectivity index (χ1n) is 6.83. The van der Waals surface area contributed by atoms with Crippen LogP contribution in [0.3, 0.4) is 0 Å². The molecule has 0 radical (unpaired) electrons. The van der Waals surface area contributed by atoms with Gasteiger partial charge in [-0.3, -0.25) is 0 Å². The number of rotatable bonds is 3. The van der Waals surface area contributed by atoms with E-state index in [2.05, 4.69) is 36.5 Å². The third-order valence-corrected chi connectivity index (χ3v) is 3.93. The van der Waals surface area contributed by atoms with Gasteiger partial charge in [0.05, 0.1) is 0 Å². The van der Waals surface area contributed by atoms with Crippen molar-refractivity contribution in [3.8, 4) is 0 Å². The lowest BCUT2D eigenvalue weighted by molar-refractivity contribution is 0.465. The molecule has 1 aliphatic rings. The van der Waals surface area contributed by atoms with Gasteiger partial charge in [0.15, 0.2) is 0 Å². The molecule has 2 aromatic rings. The van der Waals surface area contributed by atoms with E-state index in [0.29, 0.717) is 12.1 Å². The Morgan fingerprint density at radius 2 is 1.95 bits per heavy atom. The van der Waals surface area contributed by atoms with Gasteiger partial charge >= 0.3 is 0 Å². The Morgan fingerprint density at radius 3 is 2.74 bits per heavy atom. The summed E-state index contributed by atoms with van der Waals surface area (Å²) in [6.45, 7) is 2.18. The summed E-state index contributed by atoms with van der Waals surface area (Å²) in [4.78, 5) is 0. The van der Waals surface area contributed by atoms with Crippen molar-refractivity contribution >= 4 is 0 Å². The van der Waals surface area contributed by atoms with Crippen LogP contribution in [0.25, 0.3) is 0 Å². The van der Waals surface area contributed by atoms with Crippen LogP contribution in [-0.2, 0) is 6.42 Å². The molecule has 3 rings (SSSR count). The molecule has 19 heavy (non-hydrogen) atoms. The maximum Gasteiger partial charge on any atom is 0.123 e. The van der Waals surface area contributed by atoms with Crippen molar-refractivity contribution in [1.82, 2.24) is 5.32 Å². The van der Waals surface area contributed by atoms with E-state index in [4.69, 9.17) is 0 Å². The second-order valence-corrected chi connectivity index (χ2v) is 5.23. The van der Waals surface area contributed by atoms with Gasteiger partial charge in [-0.1, -0.05) is 36.4 Å². The summed E-state index contributed by atoms with van der Waals surface area (Å²) in [5, 5.41) is 3.65. The number of halogens is 1. The SMILES string of the molecule is CC(NC1CCc2cc(F)ccc21)c1ccccc1. The molecule has 0 amide bonds. The first kappa shape index (κ1) is 12.4. The van der Waals surface area contributed by atoms with E-state index < -0.39 is 0 Å². The molecule has 1 aliphatic carbocycles. The third kappa shape index (κ3) is 2.54. The lowest BCUT2D eigenvalue weighted by Crippen LogP contribution is -2.22. The molecule has 0 saturated heterocycles. The summed E-state index contributed by atoms with van der Waals surface area (Å²) in [5.41, 5.74) is 3.69. The van der Waals surface area contributed by atoms with Crippen LogP contribution in [0.5, 0.6) is 0 Å². The zero-order chi connectivity index (χ0) is 13.2. The van der Waals surface area contributed by atoms with E-state index in [1.54, 1.807) is 12.1 Å². The number of hydrogen-bond donors (Lipinski definition) is 1. The lowest BCUT2D eigenvalue weighted by Gasteiger charge is -2.20. The summed E-state index contributed by atoms with van der Waals surface area (Å²) in [6, 6.07) is 16.2. The van der Waals surface area contributed by atoms with Crippen molar-refractivity contribution in [1.29, 1.82) is 0 Å². The highest BCUT2D eigenvalue weighted by molar-refractivity contribution is 5.35. The fourth-order valence-electron chi connectivity index (χ4n) is 2.90. The van der Waals surface area contributed by atoms with Crippen molar-refractivity contribution < 1.29 is 4.39 Å². The summed E-state index contributed by atoms with van der Waals surface area (Å²) >= 11 is 0. The topological polar surface area (TPSA) is 12.0 Å². The Hall–Kier alpha value is -1.67. The molecular formula is C17H18FN.